The average molecular weight is 287 g/mol. The Hall–Kier alpha value is -1.26. The normalized spacial score (nSPS) is 10.7. The average Bonchev–Trinajstić information content (AvgIpc) is 2.63. The Labute approximate surface area is 112 Å². The number of ketones is 1. The van der Waals surface area contributed by atoms with Crippen LogP contribution in [-0.4, -0.2) is 5.78 Å². The van der Waals surface area contributed by atoms with Gasteiger partial charge in [0.15, 0.2) is 11.6 Å². The molecule has 2 aromatic rings. The molecule has 0 aliphatic carbocycles. The number of aryl methyl sites for hydroxylation is 2. The summed E-state index contributed by atoms with van der Waals surface area (Å²) in [4.78, 5) is 13.6. The number of rotatable bonds is 2. The maximum atomic E-state index is 13.1. The summed E-state index contributed by atoms with van der Waals surface area (Å²) in [5.41, 5.74) is 0.971. The van der Waals surface area contributed by atoms with Crippen molar-refractivity contribution < 1.29 is 13.6 Å². The zero-order valence-electron chi connectivity index (χ0n) is 9.68. The van der Waals surface area contributed by atoms with Gasteiger partial charge in [-0.05, 0) is 37.6 Å². The maximum absolute atomic E-state index is 13.1. The zero-order valence-corrected chi connectivity index (χ0v) is 11.3. The van der Waals surface area contributed by atoms with E-state index in [4.69, 9.17) is 11.6 Å². The van der Waals surface area contributed by atoms with Crippen molar-refractivity contribution in [1.82, 2.24) is 0 Å². The van der Waals surface area contributed by atoms with Crippen LogP contribution in [0.15, 0.2) is 18.2 Å². The lowest BCUT2D eigenvalue weighted by Crippen LogP contribution is -2.01. The van der Waals surface area contributed by atoms with Crippen molar-refractivity contribution in [2.75, 3.05) is 0 Å². The smallest absolute Gasteiger partial charge is 0.204 e. The van der Waals surface area contributed by atoms with Crippen LogP contribution in [-0.2, 0) is 0 Å². The van der Waals surface area contributed by atoms with E-state index >= 15 is 0 Å². The molecule has 0 unspecified atom stereocenters. The Morgan fingerprint density at radius 2 is 1.78 bits per heavy atom. The van der Waals surface area contributed by atoms with Gasteiger partial charge in [0.2, 0.25) is 5.78 Å². The van der Waals surface area contributed by atoms with Crippen molar-refractivity contribution in [2.24, 2.45) is 0 Å². The summed E-state index contributed by atoms with van der Waals surface area (Å²) in [6.07, 6.45) is 0. The highest BCUT2D eigenvalue weighted by Crippen LogP contribution is 2.27. The summed E-state index contributed by atoms with van der Waals surface area (Å²) in [6, 6.07) is 3.38. The molecule has 0 saturated carbocycles. The Morgan fingerprint density at radius 3 is 2.33 bits per heavy atom. The molecule has 0 N–H and O–H groups in total. The molecule has 94 valence electrons. The SMILES string of the molecule is Cc1cc(C(=O)c2cc(F)c(F)cc2Cl)sc1C. The predicted octanol–water partition coefficient (Wildman–Crippen LogP) is 4.53. The van der Waals surface area contributed by atoms with Gasteiger partial charge in [0.25, 0.3) is 0 Å². The summed E-state index contributed by atoms with van der Waals surface area (Å²) in [5, 5.41) is -0.0809. The highest BCUT2D eigenvalue weighted by Gasteiger charge is 2.18. The van der Waals surface area contributed by atoms with E-state index in [1.807, 2.05) is 13.8 Å². The summed E-state index contributed by atoms with van der Waals surface area (Å²) < 4.78 is 26.1. The lowest BCUT2D eigenvalue weighted by atomic mass is 10.1. The van der Waals surface area contributed by atoms with Gasteiger partial charge in [-0.25, -0.2) is 8.78 Å². The number of halogens is 3. The fourth-order valence-corrected chi connectivity index (χ4v) is 2.74. The van der Waals surface area contributed by atoms with E-state index in [0.717, 1.165) is 22.6 Å². The van der Waals surface area contributed by atoms with Gasteiger partial charge >= 0.3 is 0 Å². The summed E-state index contributed by atoms with van der Waals surface area (Å²) in [7, 11) is 0. The Bertz CT molecular complexity index is 615. The first-order chi connectivity index (χ1) is 8.40. The molecule has 1 aromatic carbocycles. The van der Waals surface area contributed by atoms with Crippen molar-refractivity contribution in [3.05, 3.63) is 55.7 Å². The number of carbonyl (C=O) groups is 1. The fraction of sp³-hybridized carbons (Fsp3) is 0.154. The highest BCUT2D eigenvalue weighted by atomic mass is 35.5. The van der Waals surface area contributed by atoms with Crippen molar-refractivity contribution in [3.8, 4) is 0 Å². The van der Waals surface area contributed by atoms with Crippen LogP contribution in [0.1, 0.15) is 25.7 Å². The van der Waals surface area contributed by atoms with Gasteiger partial charge in [0.1, 0.15) is 0 Å². The zero-order chi connectivity index (χ0) is 13.4. The van der Waals surface area contributed by atoms with Crippen LogP contribution in [0.4, 0.5) is 8.78 Å². The van der Waals surface area contributed by atoms with E-state index in [9.17, 15) is 13.6 Å². The minimum Gasteiger partial charge on any atom is -0.288 e. The molecule has 0 spiro atoms. The molecule has 1 aromatic heterocycles. The van der Waals surface area contributed by atoms with Gasteiger partial charge in [0, 0.05) is 10.4 Å². The third kappa shape index (κ3) is 2.31. The van der Waals surface area contributed by atoms with Crippen molar-refractivity contribution in [1.29, 1.82) is 0 Å². The van der Waals surface area contributed by atoms with Crippen LogP contribution in [0.25, 0.3) is 0 Å². The van der Waals surface area contributed by atoms with E-state index in [1.54, 1.807) is 6.07 Å². The first kappa shape index (κ1) is 13.2. The van der Waals surface area contributed by atoms with E-state index in [2.05, 4.69) is 0 Å². The molecular weight excluding hydrogens is 278 g/mol. The Balaban J connectivity index is 2.49. The lowest BCUT2D eigenvalue weighted by Gasteiger charge is -2.02. The van der Waals surface area contributed by atoms with Crippen LogP contribution in [0.5, 0.6) is 0 Å². The van der Waals surface area contributed by atoms with Crippen LogP contribution in [0.2, 0.25) is 5.02 Å². The van der Waals surface area contributed by atoms with E-state index < -0.39 is 11.6 Å². The molecule has 0 aliphatic rings. The summed E-state index contributed by atoms with van der Waals surface area (Å²) in [5.74, 6) is -2.53. The Kier molecular flexibility index (Phi) is 3.50. The summed E-state index contributed by atoms with van der Waals surface area (Å²) in [6.45, 7) is 3.78. The van der Waals surface area contributed by atoms with Crippen molar-refractivity contribution in [2.45, 2.75) is 13.8 Å². The standard InChI is InChI=1S/C13H9ClF2OS/c1-6-3-12(18-7(6)2)13(17)8-4-10(15)11(16)5-9(8)14/h3-5H,1-2H3. The first-order valence-electron chi connectivity index (χ1n) is 5.16. The molecule has 2 rings (SSSR count). The highest BCUT2D eigenvalue weighted by molar-refractivity contribution is 7.14. The monoisotopic (exact) mass is 286 g/mol. The molecule has 1 nitrogen and oxygen atoms in total. The van der Waals surface area contributed by atoms with Gasteiger partial charge in [-0.3, -0.25) is 4.79 Å². The van der Waals surface area contributed by atoms with Crippen LogP contribution in [0, 0.1) is 25.5 Å². The van der Waals surface area contributed by atoms with Crippen LogP contribution in [0.3, 0.4) is 0 Å². The molecule has 1 heterocycles. The van der Waals surface area contributed by atoms with Crippen molar-refractivity contribution in [3.63, 3.8) is 0 Å². The molecule has 0 aliphatic heterocycles. The minimum absolute atomic E-state index is 0.0168. The van der Waals surface area contributed by atoms with E-state index in [0.29, 0.717) is 4.88 Å². The van der Waals surface area contributed by atoms with E-state index in [-0.39, 0.29) is 16.4 Å². The van der Waals surface area contributed by atoms with Gasteiger partial charge in [-0.15, -0.1) is 11.3 Å². The number of carbonyl (C=O) groups excluding carboxylic acids is 1. The molecule has 18 heavy (non-hydrogen) atoms. The molecule has 0 atom stereocenters. The predicted molar refractivity (Wildman–Crippen MR) is 68.6 cm³/mol. The Morgan fingerprint density at radius 1 is 1.17 bits per heavy atom. The largest absolute Gasteiger partial charge is 0.288 e. The van der Waals surface area contributed by atoms with Gasteiger partial charge in [-0.2, -0.15) is 0 Å². The number of hydrogen-bond acceptors (Lipinski definition) is 2. The van der Waals surface area contributed by atoms with Gasteiger partial charge < -0.3 is 0 Å². The first-order valence-corrected chi connectivity index (χ1v) is 6.36. The second-order valence-electron chi connectivity index (χ2n) is 3.93. The van der Waals surface area contributed by atoms with Crippen LogP contribution < -0.4 is 0 Å². The molecule has 0 amide bonds. The lowest BCUT2D eigenvalue weighted by molar-refractivity contribution is 0.104. The fourth-order valence-electron chi connectivity index (χ4n) is 1.51. The quantitative estimate of drug-likeness (QED) is 0.586. The molecular formula is C13H9ClF2OS. The molecule has 0 saturated heterocycles. The van der Waals surface area contributed by atoms with Gasteiger partial charge in [-0.1, -0.05) is 11.6 Å². The maximum Gasteiger partial charge on any atom is 0.204 e. The van der Waals surface area contributed by atoms with E-state index in [1.165, 1.54) is 11.3 Å². The molecule has 0 fully saturated rings. The second kappa shape index (κ2) is 4.78. The van der Waals surface area contributed by atoms with Crippen LogP contribution >= 0.6 is 22.9 Å². The number of thiophene rings is 1. The summed E-state index contributed by atoms with van der Waals surface area (Å²) >= 11 is 7.08. The second-order valence-corrected chi connectivity index (χ2v) is 5.59. The molecule has 0 radical (unpaired) electrons. The van der Waals surface area contributed by atoms with Gasteiger partial charge in [0.05, 0.1) is 9.90 Å². The topological polar surface area (TPSA) is 17.1 Å². The van der Waals surface area contributed by atoms with Crippen molar-refractivity contribution >= 4 is 28.7 Å². The molecule has 5 heteroatoms. The minimum atomic E-state index is -1.08. The third-order valence-electron chi connectivity index (χ3n) is 2.64. The third-order valence-corrected chi connectivity index (χ3v) is 4.11. The number of benzene rings is 1. The number of hydrogen-bond donors (Lipinski definition) is 0. The molecule has 0 bridgehead atoms.